The van der Waals surface area contributed by atoms with E-state index in [-0.39, 0.29) is 11.7 Å². The summed E-state index contributed by atoms with van der Waals surface area (Å²) < 4.78 is 16.7. The molecule has 2 atom stereocenters. The Morgan fingerprint density at radius 1 is 1.28 bits per heavy atom. The number of rotatable bonds is 7. The quantitative estimate of drug-likeness (QED) is 0.754. The van der Waals surface area contributed by atoms with Crippen LogP contribution in [-0.4, -0.2) is 51.7 Å². The maximum Gasteiger partial charge on any atom is 0.0928 e. The van der Waals surface area contributed by atoms with Crippen LogP contribution in [0, 0.1) is 0 Å². The Bertz CT molecular complexity index is 241. The predicted octanol–water partition coefficient (Wildman–Crippen LogP) is 1.73. The van der Waals surface area contributed by atoms with Crippen molar-refractivity contribution in [3.63, 3.8) is 0 Å². The van der Waals surface area contributed by atoms with Crippen LogP contribution in [0.1, 0.15) is 38.5 Å². The van der Waals surface area contributed by atoms with Crippen molar-refractivity contribution in [1.82, 2.24) is 5.32 Å². The molecule has 1 aliphatic heterocycles. The average Bonchev–Trinajstić information content (AvgIpc) is 2.99. The summed E-state index contributed by atoms with van der Waals surface area (Å²) in [4.78, 5) is 0. The molecule has 4 heteroatoms. The Morgan fingerprint density at radius 2 is 2.06 bits per heavy atom. The fourth-order valence-corrected chi connectivity index (χ4v) is 3.23. The first kappa shape index (κ1) is 14.3. The first-order valence-corrected chi connectivity index (χ1v) is 7.18. The third kappa shape index (κ3) is 3.67. The zero-order chi connectivity index (χ0) is 12.8. The van der Waals surface area contributed by atoms with Gasteiger partial charge in [-0.3, -0.25) is 0 Å². The summed E-state index contributed by atoms with van der Waals surface area (Å²) in [5.41, 5.74) is 0.250. The summed E-state index contributed by atoms with van der Waals surface area (Å²) in [5, 5.41) is 3.44. The highest BCUT2D eigenvalue weighted by atomic mass is 16.5. The highest BCUT2D eigenvalue weighted by Gasteiger charge is 2.41. The molecule has 0 aromatic carbocycles. The van der Waals surface area contributed by atoms with E-state index in [1.807, 2.05) is 0 Å². The Hall–Kier alpha value is -0.160. The summed E-state index contributed by atoms with van der Waals surface area (Å²) in [5.74, 6) is 0. The molecular formula is C14H27NO3. The highest BCUT2D eigenvalue weighted by molar-refractivity contribution is 4.93. The smallest absolute Gasteiger partial charge is 0.0928 e. The van der Waals surface area contributed by atoms with Gasteiger partial charge >= 0.3 is 0 Å². The standard InChI is InChI=1S/C14H27NO3/c1-16-11-13(17-2)10-15-9-12-5-8-14(18-12)6-3-4-7-14/h12-13,15H,3-11H2,1-2H3. The second-order valence-corrected chi connectivity index (χ2v) is 5.64. The molecule has 2 fully saturated rings. The zero-order valence-electron chi connectivity index (χ0n) is 11.7. The second kappa shape index (κ2) is 6.85. The van der Waals surface area contributed by atoms with Gasteiger partial charge in [0.15, 0.2) is 0 Å². The van der Waals surface area contributed by atoms with Crippen LogP contribution in [0.2, 0.25) is 0 Å². The molecule has 2 unspecified atom stereocenters. The molecule has 1 spiro atoms. The lowest BCUT2D eigenvalue weighted by atomic mass is 9.98. The van der Waals surface area contributed by atoms with Gasteiger partial charge in [0.2, 0.25) is 0 Å². The van der Waals surface area contributed by atoms with E-state index in [2.05, 4.69) is 5.32 Å². The van der Waals surface area contributed by atoms with E-state index in [1.54, 1.807) is 14.2 Å². The van der Waals surface area contributed by atoms with Gasteiger partial charge in [-0.15, -0.1) is 0 Å². The van der Waals surface area contributed by atoms with Crippen LogP contribution < -0.4 is 5.32 Å². The fourth-order valence-electron chi connectivity index (χ4n) is 3.23. The Balaban J connectivity index is 1.63. The number of hydrogen-bond donors (Lipinski definition) is 1. The number of methoxy groups -OCH3 is 2. The molecule has 1 N–H and O–H groups in total. The van der Waals surface area contributed by atoms with Gasteiger partial charge in [-0.25, -0.2) is 0 Å². The maximum atomic E-state index is 6.25. The molecule has 0 radical (unpaired) electrons. The van der Waals surface area contributed by atoms with Gasteiger partial charge in [0.25, 0.3) is 0 Å². The van der Waals surface area contributed by atoms with Crippen LogP contribution in [0.15, 0.2) is 0 Å². The van der Waals surface area contributed by atoms with E-state index in [0.29, 0.717) is 12.7 Å². The SMILES string of the molecule is COCC(CNCC1CCC2(CCCC2)O1)OC. The molecule has 1 heterocycles. The minimum atomic E-state index is 0.136. The maximum absolute atomic E-state index is 6.25. The van der Waals surface area contributed by atoms with Crippen molar-refractivity contribution < 1.29 is 14.2 Å². The number of ether oxygens (including phenoxy) is 3. The fraction of sp³-hybridized carbons (Fsp3) is 1.00. The first-order chi connectivity index (χ1) is 8.78. The second-order valence-electron chi connectivity index (χ2n) is 5.64. The van der Waals surface area contributed by atoms with Crippen molar-refractivity contribution in [3.05, 3.63) is 0 Å². The summed E-state index contributed by atoms with van der Waals surface area (Å²) in [6.07, 6.45) is 8.22. The summed E-state index contributed by atoms with van der Waals surface area (Å²) in [6.45, 7) is 2.40. The summed E-state index contributed by atoms with van der Waals surface area (Å²) in [6, 6.07) is 0. The van der Waals surface area contributed by atoms with Crippen LogP contribution in [-0.2, 0) is 14.2 Å². The Labute approximate surface area is 110 Å². The molecular weight excluding hydrogens is 230 g/mol. The molecule has 1 saturated carbocycles. The molecule has 0 bridgehead atoms. The topological polar surface area (TPSA) is 39.7 Å². The van der Waals surface area contributed by atoms with E-state index >= 15 is 0 Å². The van der Waals surface area contributed by atoms with Gasteiger partial charge in [-0.2, -0.15) is 0 Å². The van der Waals surface area contributed by atoms with E-state index in [9.17, 15) is 0 Å². The largest absolute Gasteiger partial charge is 0.382 e. The van der Waals surface area contributed by atoms with Crippen molar-refractivity contribution in [1.29, 1.82) is 0 Å². The van der Waals surface area contributed by atoms with E-state index in [4.69, 9.17) is 14.2 Å². The number of hydrogen-bond acceptors (Lipinski definition) is 4. The molecule has 0 aromatic heterocycles. The average molecular weight is 257 g/mol. The monoisotopic (exact) mass is 257 g/mol. The van der Waals surface area contributed by atoms with Gasteiger partial charge in [-0.1, -0.05) is 12.8 Å². The lowest BCUT2D eigenvalue weighted by Crippen LogP contribution is -2.37. The third-order valence-electron chi connectivity index (χ3n) is 4.28. The first-order valence-electron chi connectivity index (χ1n) is 7.18. The molecule has 2 aliphatic rings. The van der Waals surface area contributed by atoms with Gasteiger partial charge in [-0.05, 0) is 25.7 Å². The zero-order valence-corrected chi connectivity index (χ0v) is 11.7. The van der Waals surface area contributed by atoms with Gasteiger partial charge in [0.05, 0.1) is 24.4 Å². The molecule has 2 rings (SSSR count). The molecule has 0 aromatic rings. The lowest BCUT2D eigenvalue weighted by molar-refractivity contribution is -0.0370. The molecule has 18 heavy (non-hydrogen) atoms. The van der Waals surface area contributed by atoms with Crippen molar-refractivity contribution in [3.8, 4) is 0 Å². The normalized spacial score (nSPS) is 28.0. The third-order valence-corrected chi connectivity index (χ3v) is 4.28. The van der Waals surface area contributed by atoms with Crippen molar-refractivity contribution in [2.75, 3.05) is 33.9 Å². The highest BCUT2D eigenvalue weighted by Crippen LogP contribution is 2.43. The van der Waals surface area contributed by atoms with Crippen LogP contribution >= 0.6 is 0 Å². The molecule has 1 saturated heterocycles. The summed E-state index contributed by atoms with van der Waals surface area (Å²) >= 11 is 0. The van der Waals surface area contributed by atoms with Crippen LogP contribution in [0.4, 0.5) is 0 Å². The number of nitrogens with one attached hydrogen (secondary N) is 1. The lowest BCUT2D eigenvalue weighted by Gasteiger charge is -2.24. The van der Waals surface area contributed by atoms with Crippen molar-refractivity contribution in [2.45, 2.75) is 56.3 Å². The van der Waals surface area contributed by atoms with E-state index < -0.39 is 0 Å². The minimum absolute atomic E-state index is 0.136. The van der Waals surface area contributed by atoms with Gasteiger partial charge < -0.3 is 19.5 Å². The summed E-state index contributed by atoms with van der Waals surface area (Å²) in [7, 11) is 3.43. The minimum Gasteiger partial charge on any atom is -0.382 e. The van der Waals surface area contributed by atoms with E-state index in [0.717, 1.165) is 13.1 Å². The van der Waals surface area contributed by atoms with Crippen molar-refractivity contribution in [2.24, 2.45) is 0 Å². The van der Waals surface area contributed by atoms with Crippen LogP contribution in [0.3, 0.4) is 0 Å². The molecule has 106 valence electrons. The molecule has 1 aliphatic carbocycles. The Morgan fingerprint density at radius 3 is 2.72 bits per heavy atom. The van der Waals surface area contributed by atoms with Crippen LogP contribution in [0.5, 0.6) is 0 Å². The van der Waals surface area contributed by atoms with Gasteiger partial charge in [0, 0.05) is 27.3 Å². The Kier molecular flexibility index (Phi) is 5.42. The van der Waals surface area contributed by atoms with Crippen molar-refractivity contribution >= 4 is 0 Å². The molecule has 0 amide bonds. The van der Waals surface area contributed by atoms with E-state index in [1.165, 1.54) is 38.5 Å². The van der Waals surface area contributed by atoms with Crippen LogP contribution in [0.25, 0.3) is 0 Å². The van der Waals surface area contributed by atoms with Gasteiger partial charge in [0.1, 0.15) is 0 Å². The molecule has 4 nitrogen and oxygen atoms in total. The predicted molar refractivity (Wildman–Crippen MR) is 70.8 cm³/mol.